The first kappa shape index (κ1) is 20.7. The van der Waals surface area contributed by atoms with E-state index in [1.807, 2.05) is 0 Å². The zero-order valence-electron chi connectivity index (χ0n) is 14.2. The van der Waals surface area contributed by atoms with Crippen molar-refractivity contribution in [1.82, 2.24) is 10.6 Å². The van der Waals surface area contributed by atoms with E-state index in [2.05, 4.69) is 20.4 Å². The Kier molecular flexibility index (Phi) is 7.66. The van der Waals surface area contributed by atoms with Crippen molar-refractivity contribution in [3.05, 3.63) is 35.1 Å². The lowest BCUT2D eigenvalue weighted by molar-refractivity contribution is -0.144. The number of nitrogens with zero attached hydrogens (tertiary/aromatic N) is 1. The van der Waals surface area contributed by atoms with E-state index in [0.717, 1.165) is 12.1 Å². The molecule has 0 bridgehead atoms. The minimum Gasteiger partial charge on any atom is -0.469 e. The van der Waals surface area contributed by atoms with Crippen molar-refractivity contribution in [2.24, 2.45) is 10.9 Å². The number of esters is 1. The zero-order valence-corrected chi connectivity index (χ0v) is 14.2. The summed E-state index contributed by atoms with van der Waals surface area (Å²) in [6.07, 6.45) is -4.67. The Morgan fingerprint density at radius 2 is 2.00 bits per heavy atom. The molecule has 0 aliphatic carbocycles. The predicted molar refractivity (Wildman–Crippen MR) is 85.4 cm³/mol. The standard InChI is InChI=1S/C16H21F4N3O2/c1-4-21-15(22-8-10(2)14(24)25-3)23-9-11-5-6-12(17)7-13(11)16(18,19)20/h5-7,10H,4,8-9H2,1-3H3,(H2,21,22,23). The Labute approximate surface area is 143 Å². The fraction of sp³-hybridized carbons (Fsp3) is 0.500. The normalized spacial score (nSPS) is 13.3. The van der Waals surface area contributed by atoms with E-state index in [9.17, 15) is 22.4 Å². The molecular formula is C16H21F4N3O2. The summed E-state index contributed by atoms with van der Waals surface area (Å²) in [6, 6.07) is 2.46. The number of carbonyl (C=O) groups excluding carboxylic acids is 1. The van der Waals surface area contributed by atoms with Crippen LogP contribution in [0.25, 0.3) is 0 Å². The van der Waals surface area contributed by atoms with Crippen molar-refractivity contribution in [2.45, 2.75) is 26.6 Å². The zero-order chi connectivity index (χ0) is 19.0. The first-order valence-electron chi connectivity index (χ1n) is 7.64. The number of rotatable bonds is 6. The third kappa shape index (κ3) is 6.60. The first-order valence-corrected chi connectivity index (χ1v) is 7.64. The molecule has 9 heteroatoms. The highest BCUT2D eigenvalue weighted by Crippen LogP contribution is 2.32. The van der Waals surface area contributed by atoms with Crippen LogP contribution in [0, 0.1) is 11.7 Å². The SMILES string of the molecule is CCNC(=NCc1ccc(F)cc1C(F)(F)F)NCC(C)C(=O)OC. The van der Waals surface area contributed by atoms with Crippen LogP contribution in [0.1, 0.15) is 25.0 Å². The lowest BCUT2D eigenvalue weighted by Crippen LogP contribution is -2.40. The molecule has 140 valence electrons. The number of hydrogen-bond donors (Lipinski definition) is 2. The van der Waals surface area contributed by atoms with Gasteiger partial charge in [0, 0.05) is 13.1 Å². The maximum Gasteiger partial charge on any atom is 0.416 e. The molecule has 0 heterocycles. The van der Waals surface area contributed by atoms with Crippen LogP contribution in [0.5, 0.6) is 0 Å². The van der Waals surface area contributed by atoms with Crippen molar-refractivity contribution < 1.29 is 27.1 Å². The molecule has 0 aliphatic rings. The van der Waals surface area contributed by atoms with E-state index < -0.39 is 29.4 Å². The smallest absolute Gasteiger partial charge is 0.416 e. The molecule has 5 nitrogen and oxygen atoms in total. The number of nitrogens with one attached hydrogen (secondary N) is 2. The molecule has 1 unspecified atom stereocenters. The Morgan fingerprint density at radius 3 is 2.56 bits per heavy atom. The van der Waals surface area contributed by atoms with Gasteiger partial charge in [-0.05, 0) is 24.6 Å². The monoisotopic (exact) mass is 363 g/mol. The molecule has 0 saturated carbocycles. The van der Waals surface area contributed by atoms with Crippen LogP contribution in [0.15, 0.2) is 23.2 Å². The number of halogens is 4. The molecule has 0 radical (unpaired) electrons. The number of carbonyl (C=O) groups is 1. The van der Waals surface area contributed by atoms with Crippen molar-refractivity contribution in [3.8, 4) is 0 Å². The summed E-state index contributed by atoms with van der Waals surface area (Å²) in [5.41, 5.74) is -1.21. The average molecular weight is 363 g/mol. The number of alkyl halides is 3. The number of hydrogen-bond acceptors (Lipinski definition) is 3. The minimum atomic E-state index is -4.67. The highest BCUT2D eigenvalue weighted by Gasteiger charge is 2.33. The molecular weight excluding hydrogens is 342 g/mol. The maximum atomic E-state index is 13.1. The van der Waals surface area contributed by atoms with Crippen LogP contribution in [-0.2, 0) is 22.3 Å². The van der Waals surface area contributed by atoms with Crippen LogP contribution < -0.4 is 10.6 Å². The second-order valence-electron chi connectivity index (χ2n) is 5.30. The Morgan fingerprint density at radius 1 is 1.32 bits per heavy atom. The van der Waals surface area contributed by atoms with Crippen LogP contribution >= 0.6 is 0 Å². The molecule has 1 atom stereocenters. The Balaban J connectivity index is 2.89. The van der Waals surface area contributed by atoms with Gasteiger partial charge in [0.1, 0.15) is 5.82 Å². The summed E-state index contributed by atoms with van der Waals surface area (Å²) >= 11 is 0. The molecule has 0 fully saturated rings. The summed E-state index contributed by atoms with van der Waals surface area (Å²) < 4.78 is 56.7. The van der Waals surface area contributed by atoms with E-state index >= 15 is 0 Å². The fourth-order valence-corrected chi connectivity index (χ4v) is 1.99. The molecule has 0 amide bonds. The van der Waals surface area contributed by atoms with Gasteiger partial charge in [-0.1, -0.05) is 13.0 Å². The molecule has 1 aromatic carbocycles. The molecule has 1 rings (SSSR count). The van der Waals surface area contributed by atoms with Gasteiger partial charge in [0.2, 0.25) is 0 Å². The van der Waals surface area contributed by atoms with E-state index in [1.165, 1.54) is 7.11 Å². The second kappa shape index (κ2) is 9.24. The van der Waals surface area contributed by atoms with Gasteiger partial charge in [-0.3, -0.25) is 4.79 Å². The Bertz CT molecular complexity index is 618. The number of methoxy groups -OCH3 is 1. The van der Waals surface area contributed by atoms with Gasteiger partial charge in [-0.15, -0.1) is 0 Å². The number of aliphatic imine (C=N–C) groups is 1. The molecule has 2 N–H and O–H groups in total. The van der Waals surface area contributed by atoms with Gasteiger partial charge in [-0.25, -0.2) is 9.38 Å². The molecule has 0 spiro atoms. The third-order valence-electron chi connectivity index (χ3n) is 3.31. The van der Waals surface area contributed by atoms with E-state index in [4.69, 9.17) is 0 Å². The number of ether oxygens (including phenoxy) is 1. The van der Waals surface area contributed by atoms with Gasteiger partial charge in [0.25, 0.3) is 0 Å². The van der Waals surface area contributed by atoms with Crippen LogP contribution in [0.3, 0.4) is 0 Å². The Hall–Kier alpha value is -2.32. The topological polar surface area (TPSA) is 62.7 Å². The number of guanidine groups is 1. The minimum absolute atomic E-state index is 0.146. The maximum absolute atomic E-state index is 13.1. The molecule has 25 heavy (non-hydrogen) atoms. The third-order valence-corrected chi connectivity index (χ3v) is 3.31. The summed E-state index contributed by atoms with van der Waals surface area (Å²) in [6.45, 7) is 3.82. The summed E-state index contributed by atoms with van der Waals surface area (Å²) in [7, 11) is 1.27. The summed E-state index contributed by atoms with van der Waals surface area (Å²) in [5, 5.41) is 5.72. The van der Waals surface area contributed by atoms with Gasteiger partial charge < -0.3 is 15.4 Å². The van der Waals surface area contributed by atoms with Crippen molar-refractivity contribution in [1.29, 1.82) is 0 Å². The van der Waals surface area contributed by atoms with Crippen LogP contribution in [-0.4, -0.2) is 32.1 Å². The summed E-state index contributed by atoms with van der Waals surface area (Å²) in [4.78, 5) is 15.4. The fourth-order valence-electron chi connectivity index (χ4n) is 1.99. The summed E-state index contributed by atoms with van der Waals surface area (Å²) in [5.74, 6) is -1.58. The molecule has 0 aliphatic heterocycles. The number of benzene rings is 1. The highest BCUT2D eigenvalue weighted by atomic mass is 19.4. The van der Waals surface area contributed by atoms with E-state index in [-0.39, 0.29) is 24.6 Å². The van der Waals surface area contributed by atoms with Crippen molar-refractivity contribution in [3.63, 3.8) is 0 Å². The lowest BCUT2D eigenvalue weighted by Gasteiger charge is -2.15. The quantitative estimate of drug-likeness (QED) is 0.353. The lowest BCUT2D eigenvalue weighted by atomic mass is 10.1. The molecule has 0 saturated heterocycles. The van der Waals surface area contributed by atoms with Crippen LogP contribution in [0.2, 0.25) is 0 Å². The first-order chi connectivity index (χ1) is 11.7. The largest absolute Gasteiger partial charge is 0.469 e. The van der Waals surface area contributed by atoms with E-state index in [0.29, 0.717) is 12.6 Å². The highest BCUT2D eigenvalue weighted by molar-refractivity contribution is 5.80. The molecule has 0 aromatic heterocycles. The van der Waals surface area contributed by atoms with Crippen LogP contribution in [0.4, 0.5) is 17.6 Å². The molecule has 1 aromatic rings. The van der Waals surface area contributed by atoms with Crippen molar-refractivity contribution in [2.75, 3.05) is 20.2 Å². The van der Waals surface area contributed by atoms with Gasteiger partial charge in [-0.2, -0.15) is 13.2 Å². The van der Waals surface area contributed by atoms with Crippen molar-refractivity contribution >= 4 is 11.9 Å². The average Bonchev–Trinajstić information content (AvgIpc) is 2.56. The predicted octanol–water partition coefficient (Wildman–Crippen LogP) is 2.71. The second-order valence-corrected chi connectivity index (χ2v) is 5.30. The van der Waals surface area contributed by atoms with Gasteiger partial charge >= 0.3 is 12.1 Å². The van der Waals surface area contributed by atoms with E-state index in [1.54, 1.807) is 13.8 Å². The van der Waals surface area contributed by atoms with Gasteiger partial charge in [0.05, 0.1) is 25.1 Å². The van der Waals surface area contributed by atoms with Gasteiger partial charge in [0.15, 0.2) is 5.96 Å².